The van der Waals surface area contributed by atoms with Crippen LogP contribution in [0.25, 0.3) is 0 Å². The quantitative estimate of drug-likeness (QED) is 0.803. The van der Waals surface area contributed by atoms with Gasteiger partial charge >= 0.3 is 12.0 Å². The Bertz CT molecular complexity index is 374. The molecule has 6 heteroatoms. The molecule has 0 aromatic rings. The first-order valence-corrected chi connectivity index (χ1v) is 6.79. The van der Waals surface area contributed by atoms with Crippen molar-refractivity contribution in [3.8, 4) is 0 Å². The zero-order valence-electron chi connectivity index (χ0n) is 11.5. The van der Waals surface area contributed by atoms with Gasteiger partial charge in [0.05, 0.1) is 11.5 Å². The number of hydrogen-bond acceptors (Lipinski definition) is 3. The maximum atomic E-state index is 12.1. The number of carbonyl (C=O) groups is 2. The van der Waals surface area contributed by atoms with E-state index in [0.717, 1.165) is 19.3 Å². The molecule has 3 atom stereocenters. The molecule has 6 nitrogen and oxygen atoms in total. The molecule has 1 aliphatic heterocycles. The number of hydrogen-bond donors (Lipinski definition) is 2. The fourth-order valence-electron chi connectivity index (χ4n) is 3.00. The molecule has 1 heterocycles. The van der Waals surface area contributed by atoms with Gasteiger partial charge in [-0.2, -0.15) is 0 Å². The average Bonchev–Trinajstić information content (AvgIpc) is 2.97. The molecular formula is C13H22N2O4. The van der Waals surface area contributed by atoms with Gasteiger partial charge in [0.15, 0.2) is 0 Å². The third-order valence-corrected chi connectivity index (χ3v) is 4.51. The van der Waals surface area contributed by atoms with Crippen LogP contribution in [-0.4, -0.2) is 54.4 Å². The minimum atomic E-state index is -0.837. The molecule has 2 amide bonds. The number of carbonyl (C=O) groups excluding carboxylic acids is 1. The van der Waals surface area contributed by atoms with Gasteiger partial charge in [-0.05, 0) is 26.2 Å². The summed E-state index contributed by atoms with van der Waals surface area (Å²) in [5, 5.41) is 12.2. The summed E-state index contributed by atoms with van der Waals surface area (Å²) in [5.74, 6) is -0.827. The van der Waals surface area contributed by atoms with Crippen molar-refractivity contribution in [3.05, 3.63) is 0 Å². The van der Waals surface area contributed by atoms with E-state index in [1.807, 2.05) is 0 Å². The minimum Gasteiger partial charge on any atom is -0.481 e. The average molecular weight is 270 g/mol. The Morgan fingerprint density at radius 1 is 1.42 bits per heavy atom. The van der Waals surface area contributed by atoms with Gasteiger partial charge in [-0.3, -0.25) is 4.79 Å². The number of carboxylic acid groups (broad SMARTS) is 1. The fraction of sp³-hybridized carbons (Fsp3) is 0.846. The van der Waals surface area contributed by atoms with Crippen molar-refractivity contribution in [2.24, 2.45) is 5.41 Å². The number of ether oxygens (including phenoxy) is 1. The lowest BCUT2D eigenvalue weighted by atomic mass is 9.85. The second kappa shape index (κ2) is 5.36. The van der Waals surface area contributed by atoms with Gasteiger partial charge in [-0.25, -0.2) is 4.79 Å². The number of carboxylic acids is 1. The van der Waals surface area contributed by atoms with E-state index < -0.39 is 11.4 Å². The van der Waals surface area contributed by atoms with Crippen LogP contribution in [0.1, 0.15) is 32.6 Å². The van der Waals surface area contributed by atoms with Crippen LogP contribution in [0.15, 0.2) is 0 Å². The number of nitrogens with one attached hydrogen (secondary N) is 1. The molecule has 0 radical (unpaired) electrons. The van der Waals surface area contributed by atoms with Crippen LogP contribution in [0.2, 0.25) is 0 Å². The van der Waals surface area contributed by atoms with Crippen molar-refractivity contribution in [2.45, 2.75) is 44.8 Å². The number of urea groups is 1. The molecule has 19 heavy (non-hydrogen) atoms. The van der Waals surface area contributed by atoms with Crippen LogP contribution in [-0.2, 0) is 9.53 Å². The van der Waals surface area contributed by atoms with E-state index in [-0.39, 0.29) is 18.2 Å². The second-order valence-electron chi connectivity index (χ2n) is 5.71. The van der Waals surface area contributed by atoms with E-state index in [9.17, 15) is 14.7 Å². The Labute approximate surface area is 113 Å². The van der Waals surface area contributed by atoms with E-state index in [0.29, 0.717) is 19.5 Å². The Morgan fingerprint density at radius 2 is 2.16 bits per heavy atom. The Kier molecular flexibility index (Phi) is 3.99. The molecule has 2 rings (SSSR count). The van der Waals surface area contributed by atoms with Gasteiger partial charge in [0.1, 0.15) is 0 Å². The molecule has 0 spiro atoms. The molecule has 1 saturated carbocycles. The lowest BCUT2D eigenvalue weighted by Gasteiger charge is -2.29. The molecule has 2 fully saturated rings. The SMILES string of the molecule is COC1CCN(C(=O)NC2CCCC2(C)C(=O)O)C1. The van der Waals surface area contributed by atoms with Gasteiger partial charge in [-0.15, -0.1) is 0 Å². The predicted octanol–water partition coefficient (Wildman–Crippen LogP) is 1.06. The first-order valence-electron chi connectivity index (χ1n) is 6.79. The highest BCUT2D eigenvalue weighted by Gasteiger charge is 2.46. The molecule has 2 aliphatic rings. The first kappa shape index (κ1) is 14.1. The zero-order chi connectivity index (χ0) is 14.0. The predicted molar refractivity (Wildman–Crippen MR) is 68.9 cm³/mol. The van der Waals surface area contributed by atoms with Crippen molar-refractivity contribution >= 4 is 12.0 Å². The Hall–Kier alpha value is -1.30. The lowest BCUT2D eigenvalue weighted by Crippen LogP contribution is -2.51. The highest BCUT2D eigenvalue weighted by atomic mass is 16.5. The standard InChI is InChI=1S/C13H22N2O4/c1-13(11(16)17)6-3-4-10(13)14-12(18)15-7-5-9(8-15)19-2/h9-10H,3-8H2,1-2H3,(H,14,18)(H,16,17). The topological polar surface area (TPSA) is 78.9 Å². The van der Waals surface area contributed by atoms with Crippen molar-refractivity contribution in [3.63, 3.8) is 0 Å². The van der Waals surface area contributed by atoms with Crippen LogP contribution < -0.4 is 5.32 Å². The highest BCUT2D eigenvalue weighted by Crippen LogP contribution is 2.38. The summed E-state index contributed by atoms with van der Waals surface area (Å²) in [6, 6.07) is -0.446. The smallest absolute Gasteiger partial charge is 0.317 e. The highest BCUT2D eigenvalue weighted by molar-refractivity contribution is 5.79. The van der Waals surface area contributed by atoms with E-state index in [4.69, 9.17) is 4.74 Å². The molecule has 0 bridgehead atoms. The molecule has 108 valence electrons. The maximum Gasteiger partial charge on any atom is 0.317 e. The van der Waals surface area contributed by atoms with Gasteiger partial charge in [0.25, 0.3) is 0 Å². The van der Waals surface area contributed by atoms with E-state index in [1.165, 1.54) is 0 Å². The largest absolute Gasteiger partial charge is 0.481 e. The third-order valence-electron chi connectivity index (χ3n) is 4.51. The Morgan fingerprint density at radius 3 is 2.74 bits per heavy atom. The Balaban J connectivity index is 1.94. The van der Waals surface area contributed by atoms with Crippen LogP contribution in [0, 0.1) is 5.41 Å². The fourth-order valence-corrected chi connectivity index (χ4v) is 3.00. The summed E-state index contributed by atoms with van der Waals surface area (Å²) in [5.41, 5.74) is -0.837. The lowest BCUT2D eigenvalue weighted by molar-refractivity contribution is -0.148. The van der Waals surface area contributed by atoms with Crippen LogP contribution in [0.4, 0.5) is 4.79 Å². The van der Waals surface area contributed by atoms with Crippen LogP contribution >= 0.6 is 0 Å². The second-order valence-corrected chi connectivity index (χ2v) is 5.71. The normalized spacial score (nSPS) is 34.5. The van der Waals surface area contributed by atoms with Crippen LogP contribution in [0.3, 0.4) is 0 Å². The zero-order valence-corrected chi connectivity index (χ0v) is 11.5. The van der Waals surface area contributed by atoms with Crippen molar-refractivity contribution in [1.82, 2.24) is 10.2 Å². The summed E-state index contributed by atoms with van der Waals surface area (Å²) < 4.78 is 5.22. The maximum absolute atomic E-state index is 12.1. The number of aliphatic carboxylic acids is 1. The minimum absolute atomic E-state index is 0.0974. The van der Waals surface area contributed by atoms with Gasteiger partial charge in [-0.1, -0.05) is 6.42 Å². The number of amides is 2. The van der Waals surface area contributed by atoms with E-state index in [2.05, 4.69) is 5.32 Å². The molecule has 1 saturated heterocycles. The molecule has 0 aromatic heterocycles. The van der Waals surface area contributed by atoms with Crippen molar-refractivity contribution in [1.29, 1.82) is 0 Å². The van der Waals surface area contributed by atoms with E-state index in [1.54, 1.807) is 18.9 Å². The van der Waals surface area contributed by atoms with Gasteiger partial charge in [0.2, 0.25) is 0 Å². The van der Waals surface area contributed by atoms with Crippen molar-refractivity contribution < 1.29 is 19.4 Å². The molecule has 3 unspecified atom stereocenters. The number of rotatable bonds is 3. The first-order chi connectivity index (χ1) is 8.97. The number of nitrogens with zero attached hydrogens (tertiary/aromatic N) is 1. The number of likely N-dealkylation sites (tertiary alicyclic amines) is 1. The molecule has 2 N–H and O–H groups in total. The summed E-state index contributed by atoms with van der Waals surface area (Å²) in [6.45, 7) is 2.97. The molecular weight excluding hydrogens is 248 g/mol. The third kappa shape index (κ3) is 2.68. The summed E-state index contributed by atoms with van der Waals surface area (Å²) in [6.07, 6.45) is 3.13. The van der Waals surface area contributed by atoms with Crippen LogP contribution in [0.5, 0.6) is 0 Å². The van der Waals surface area contributed by atoms with Gasteiger partial charge < -0.3 is 20.1 Å². The monoisotopic (exact) mass is 270 g/mol. The summed E-state index contributed by atoms with van der Waals surface area (Å²) >= 11 is 0. The van der Waals surface area contributed by atoms with Crippen molar-refractivity contribution in [2.75, 3.05) is 20.2 Å². The summed E-state index contributed by atoms with van der Waals surface area (Å²) in [4.78, 5) is 25.2. The molecule has 0 aromatic carbocycles. The summed E-state index contributed by atoms with van der Waals surface area (Å²) in [7, 11) is 1.64. The number of methoxy groups -OCH3 is 1. The van der Waals surface area contributed by atoms with E-state index >= 15 is 0 Å². The van der Waals surface area contributed by atoms with Gasteiger partial charge in [0, 0.05) is 26.2 Å². The molecule has 1 aliphatic carbocycles.